The summed E-state index contributed by atoms with van der Waals surface area (Å²) < 4.78 is 5.64. The number of nitrogens with one attached hydrogen (secondary N) is 1. The summed E-state index contributed by atoms with van der Waals surface area (Å²) in [5, 5.41) is 3.26. The first-order valence-corrected chi connectivity index (χ1v) is 6.41. The zero-order valence-electron chi connectivity index (χ0n) is 10.9. The van der Waals surface area contributed by atoms with E-state index in [1.54, 1.807) is 6.92 Å². The highest BCUT2D eigenvalue weighted by molar-refractivity contribution is 6.30. The Kier molecular flexibility index (Phi) is 4.56. The fourth-order valence-corrected chi connectivity index (χ4v) is 2.54. The second-order valence-electron chi connectivity index (χ2n) is 4.87. The number of rotatable bonds is 4. The third-order valence-corrected chi connectivity index (χ3v) is 3.44. The van der Waals surface area contributed by atoms with E-state index in [1.165, 1.54) is 5.56 Å². The molecule has 0 aliphatic carbocycles. The molecule has 2 rings (SSSR count). The monoisotopic (exact) mass is 244 g/mol. The van der Waals surface area contributed by atoms with Gasteiger partial charge in [-0.25, -0.2) is 0 Å². The number of carbonyl (C=O) groups excluding carboxylic acids is 1. The SMILES string of the molecule is CNC1[B]OC(CC(C)=O)CC1c1ccccc1. The highest BCUT2D eigenvalue weighted by atomic mass is 16.4. The largest absolute Gasteiger partial charge is 0.436 e. The lowest BCUT2D eigenvalue weighted by atomic mass is 9.69. The Morgan fingerprint density at radius 1 is 1.44 bits per heavy atom. The maximum absolute atomic E-state index is 11.2. The molecule has 18 heavy (non-hydrogen) atoms. The summed E-state index contributed by atoms with van der Waals surface area (Å²) in [5.74, 6) is 0.757. The van der Waals surface area contributed by atoms with Crippen molar-refractivity contribution in [3.8, 4) is 0 Å². The van der Waals surface area contributed by atoms with E-state index in [4.69, 9.17) is 4.65 Å². The van der Waals surface area contributed by atoms with Crippen LogP contribution in [0.3, 0.4) is 0 Å². The summed E-state index contributed by atoms with van der Waals surface area (Å²) in [6, 6.07) is 10.4. The Morgan fingerprint density at radius 3 is 2.78 bits per heavy atom. The molecule has 1 saturated heterocycles. The fourth-order valence-electron chi connectivity index (χ4n) is 2.54. The number of benzene rings is 1. The van der Waals surface area contributed by atoms with Crippen LogP contribution in [0.4, 0.5) is 0 Å². The van der Waals surface area contributed by atoms with E-state index in [0.717, 1.165) is 6.42 Å². The second kappa shape index (κ2) is 6.16. The Morgan fingerprint density at radius 2 is 2.17 bits per heavy atom. The van der Waals surface area contributed by atoms with Gasteiger partial charge in [-0.1, -0.05) is 30.3 Å². The Bertz CT molecular complexity index is 396. The van der Waals surface area contributed by atoms with E-state index < -0.39 is 0 Å². The van der Waals surface area contributed by atoms with Gasteiger partial charge in [0.05, 0.1) is 0 Å². The number of hydrogen-bond donors (Lipinski definition) is 1. The van der Waals surface area contributed by atoms with Gasteiger partial charge in [0, 0.05) is 18.5 Å². The number of hydrogen-bond acceptors (Lipinski definition) is 3. The van der Waals surface area contributed by atoms with Crippen LogP contribution in [0.25, 0.3) is 0 Å². The first-order valence-electron chi connectivity index (χ1n) is 6.41. The van der Waals surface area contributed by atoms with Crippen LogP contribution in [0, 0.1) is 0 Å². The average molecular weight is 244 g/mol. The van der Waals surface area contributed by atoms with Gasteiger partial charge in [0.25, 0.3) is 0 Å². The molecule has 1 aromatic carbocycles. The van der Waals surface area contributed by atoms with Crippen LogP contribution in [0.1, 0.15) is 31.2 Å². The Balaban J connectivity index is 2.11. The molecule has 3 atom stereocenters. The molecule has 95 valence electrons. The molecule has 1 N–H and O–H groups in total. The maximum Gasteiger partial charge on any atom is 0.311 e. The zero-order chi connectivity index (χ0) is 13.0. The van der Waals surface area contributed by atoms with Gasteiger partial charge in [-0.05, 0) is 31.9 Å². The van der Waals surface area contributed by atoms with Gasteiger partial charge >= 0.3 is 7.48 Å². The molecule has 1 aromatic rings. The van der Waals surface area contributed by atoms with Crippen molar-refractivity contribution in [1.82, 2.24) is 5.32 Å². The first kappa shape index (κ1) is 13.3. The van der Waals surface area contributed by atoms with Crippen LogP contribution in [-0.2, 0) is 9.45 Å². The third-order valence-electron chi connectivity index (χ3n) is 3.44. The Hall–Kier alpha value is -1.13. The van der Waals surface area contributed by atoms with E-state index in [2.05, 4.69) is 29.6 Å². The molecule has 0 saturated carbocycles. The number of likely N-dealkylation sites (N-methyl/N-ethyl adjacent to an activating group) is 1. The normalized spacial score (nSPS) is 27.6. The summed E-state index contributed by atoms with van der Waals surface area (Å²) in [5.41, 5.74) is 1.30. The smallest absolute Gasteiger partial charge is 0.311 e. The minimum Gasteiger partial charge on any atom is -0.436 e. The summed E-state index contributed by atoms with van der Waals surface area (Å²) in [7, 11) is 3.78. The van der Waals surface area contributed by atoms with E-state index in [-0.39, 0.29) is 17.8 Å². The minimum atomic E-state index is 0.0114. The first-order chi connectivity index (χ1) is 8.70. The van der Waals surface area contributed by atoms with E-state index in [0.29, 0.717) is 12.3 Å². The molecule has 0 bridgehead atoms. The average Bonchev–Trinajstić information content (AvgIpc) is 2.39. The van der Waals surface area contributed by atoms with Gasteiger partial charge < -0.3 is 9.97 Å². The van der Waals surface area contributed by atoms with Crippen LogP contribution in [0.2, 0.25) is 0 Å². The van der Waals surface area contributed by atoms with Crippen molar-refractivity contribution in [2.45, 2.75) is 37.7 Å². The molecule has 0 aromatic heterocycles. The van der Waals surface area contributed by atoms with E-state index in [1.807, 2.05) is 20.6 Å². The number of ketones is 1. The quantitative estimate of drug-likeness (QED) is 0.819. The molecule has 1 radical (unpaired) electrons. The van der Waals surface area contributed by atoms with Crippen LogP contribution < -0.4 is 5.32 Å². The van der Waals surface area contributed by atoms with E-state index >= 15 is 0 Å². The van der Waals surface area contributed by atoms with Crippen LogP contribution in [0.15, 0.2) is 30.3 Å². The van der Waals surface area contributed by atoms with Crippen LogP contribution in [-0.4, -0.2) is 32.4 Å². The van der Waals surface area contributed by atoms with Gasteiger partial charge in [0.2, 0.25) is 0 Å². The maximum atomic E-state index is 11.2. The zero-order valence-corrected chi connectivity index (χ0v) is 10.9. The lowest BCUT2D eigenvalue weighted by Crippen LogP contribution is -2.46. The van der Waals surface area contributed by atoms with Crippen molar-refractivity contribution in [3.63, 3.8) is 0 Å². The van der Waals surface area contributed by atoms with Gasteiger partial charge in [-0.3, -0.25) is 4.79 Å². The van der Waals surface area contributed by atoms with Gasteiger partial charge in [0.1, 0.15) is 5.78 Å². The van der Waals surface area contributed by atoms with Crippen molar-refractivity contribution in [1.29, 1.82) is 0 Å². The lowest BCUT2D eigenvalue weighted by Gasteiger charge is -2.35. The molecule has 1 fully saturated rings. The molecule has 1 aliphatic rings. The second-order valence-corrected chi connectivity index (χ2v) is 4.87. The summed E-state index contributed by atoms with van der Waals surface area (Å²) in [6.45, 7) is 1.62. The molecular weight excluding hydrogens is 225 g/mol. The number of Topliss-reactive ketones (excluding diaryl/α,β-unsaturated/α-hetero) is 1. The predicted molar refractivity (Wildman–Crippen MR) is 72.6 cm³/mol. The van der Waals surface area contributed by atoms with Crippen LogP contribution >= 0.6 is 0 Å². The summed E-state index contributed by atoms with van der Waals surface area (Å²) in [4.78, 5) is 11.2. The standard InChI is InChI=1S/C14H19BNO2/c1-10(17)8-12-9-13(14(16-2)15-18-12)11-6-4-3-5-7-11/h3-7,12-14,16H,8-9H2,1-2H3. The third kappa shape index (κ3) is 3.21. The van der Waals surface area contributed by atoms with Crippen molar-refractivity contribution >= 4 is 13.3 Å². The van der Waals surface area contributed by atoms with Crippen molar-refractivity contribution in [3.05, 3.63) is 35.9 Å². The highest BCUT2D eigenvalue weighted by Gasteiger charge is 2.32. The molecule has 0 amide bonds. The highest BCUT2D eigenvalue weighted by Crippen LogP contribution is 2.30. The Labute approximate surface area is 109 Å². The molecule has 0 spiro atoms. The van der Waals surface area contributed by atoms with E-state index in [9.17, 15) is 4.79 Å². The lowest BCUT2D eigenvalue weighted by molar-refractivity contribution is -0.118. The molecule has 3 unspecified atom stereocenters. The molecule has 1 aliphatic heterocycles. The fraction of sp³-hybridized carbons (Fsp3) is 0.500. The molecular formula is C14H19BNO2. The number of carbonyl (C=O) groups is 1. The van der Waals surface area contributed by atoms with Crippen molar-refractivity contribution in [2.24, 2.45) is 0 Å². The van der Waals surface area contributed by atoms with Crippen LogP contribution in [0.5, 0.6) is 0 Å². The minimum absolute atomic E-state index is 0.0114. The molecule has 1 heterocycles. The molecule has 4 heteroatoms. The van der Waals surface area contributed by atoms with Gasteiger partial charge in [0.15, 0.2) is 0 Å². The summed E-state index contributed by atoms with van der Waals surface area (Å²) in [6.07, 6.45) is 1.39. The molecule has 3 nitrogen and oxygen atoms in total. The predicted octanol–water partition coefficient (Wildman–Crippen LogP) is 1.70. The topological polar surface area (TPSA) is 38.3 Å². The summed E-state index contributed by atoms with van der Waals surface area (Å²) >= 11 is 0. The van der Waals surface area contributed by atoms with Crippen molar-refractivity contribution in [2.75, 3.05) is 7.05 Å². The van der Waals surface area contributed by atoms with Gasteiger partial charge in [-0.2, -0.15) is 0 Å². The van der Waals surface area contributed by atoms with Crippen molar-refractivity contribution < 1.29 is 9.45 Å². The van der Waals surface area contributed by atoms with Gasteiger partial charge in [-0.15, -0.1) is 0 Å².